The van der Waals surface area contributed by atoms with Crippen LogP contribution in [0.25, 0.3) is 0 Å². The number of piperidine rings is 1. The number of nitrogens with two attached hydrogens (primary N) is 1. The van der Waals surface area contributed by atoms with Crippen LogP contribution in [0.4, 0.5) is 0 Å². The van der Waals surface area contributed by atoms with E-state index in [4.69, 9.17) is 10.7 Å². The Morgan fingerprint density at radius 1 is 1.24 bits per heavy atom. The van der Waals surface area contributed by atoms with E-state index in [1.165, 1.54) is 5.56 Å². The molecular formula is C23H39N5O. The number of benzene rings is 1. The van der Waals surface area contributed by atoms with Crippen LogP contribution >= 0.6 is 0 Å². The Morgan fingerprint density at radius 2 is 1.97 bits per heavy atom. The van der Waals surface area contributed by atoms with E-state index in [1.807, 2.05) is 0 Å². The number of guanidine groups is 1. The highest BCUT2D eigenvalue weighted by molar-refractivity contribution is 5.80. The van der Waals surface area contributed by atoms with Crippen molar-refractivity contribution in [1.82, 2.24) is 15.5 Å². The molecule has 0 spiro atoms. The molecule has 1 saturated heterocycles. The topological polar surface area (TPSA) is 82.8 Å². The van der Waals surface area contributed by atoms with Crippen molar-refractivity contribution in [2.45, 2.75) is 58.4 Å². The second-order valence-corrected chi connectivity index (χ2v) is 8.06. The SMILES string of the molecule is CCNC(=NCCCCN1CCC(C(N)=O)CC1)NC(C)CCc1ccccc1. The molecule has 1 aliphatic heterocycles. The van der Waals surface area contributed by atoms with Gasteiger partial charge in [-0.2, -0.15) is 0 Å². The zero-order chi connectivity index (χ0) is 20.9. The van der Waals surface area contributed by atoms with E-state index in [0.29, 0.717) is 6.04 Å². The molecule has 1 aromatic carbocycles. The lowest BCUT2D eigenvalue weighted by Crippen LogP contribution is -2.42. The molecule has 4 N–H and O–H groups in total. The molecule has 0 bridgehead atoms. The van der Waals surface area contributed by atoms with Crippen LogP contribution in [0.5, 0.6) is 0 Å². The molecule has 6 heteroatoms. The van der Waals surface area contributed by atoms with Crippen LogP contribution < -0.4 is 16.4 Å². The first-order chi connectivity index (χ1) is 14.1. The third-order valence-corrected chi connectivity index (χ3v) is 5.58. The van der Waals surface area contributed by atoms with Gasteiger partial charge in [-0.15, -0.1) is 0 Å². The Balaban J connectivity index is 1.63. The monoisotopic (exact) mass is 401 g/mol. The van der Waals surface area contributed by atoms with Crippen molar-refractivity contribution in [1.29, 1.82) is 0 Å². The molecule has 1 atom stereocenters. The van der Waals surface area contributed by atoms with Crippen LogP contribution in [0, 0.1) is 5.92 Å². The summed E-state index contributed by atoms with van der Waals surface area (Å²) in [6.07, 6.45) is 6.17. The first kappa shape index (κ1) is 23.2. The van der Waals surface area contributed by atoms with Gasteiger partial charge in [0.1, 0.15) is 0 Å². The van der Waals surface area contributed by atoms with Gasteiger partial charge in [0, 0.05) is 25.0 Å². The molecule has 1 unspecified atom stereocenters. The molecule has 0 aliphatic carbocycles. The number of amides is 1. The molecule has 0 aromatic heterocycles. The van der Waals surface area contributed by atoms with E-state index in [1.54, 1.807) is 0 Å². The fraction of sp³-hybridized carbons (Fsp3) is 0.652. The molecule has 1 aliphatic rings. The number of nitrogens with one attached hydrogen (secondary N) is 2. The largest absolute Gasteiger partial charge is 0.369 e. The maximum Gasteiger partial charge on any atom is 0.220 e. The fourth-order valence-corrected chi connectivity index (χ4v) is 3.73. The summed E-state index contributed by atoms with van der Waals surface area (Å²) in [4.78, 5) is 18.4. The summed E-state index contributed by atoms with van der Waals surface area (Å²) >= 11 is 0. The smallest absolute Gasteiger partial charge is 0.220 e. The molecule has 0 saturated carbocycles. The van der Waals surface area contributed by atoms with Crippen molar-refractivity contribution in [3.63, 3.8) is 0 Å². The van der Waals surface area contributed by atoms with E-state index >= 15 is 0 Å². The molecule has 2 rings (SSSR count). The van der Waals surface area contributed by atoms with Crippen LogP contribution in [-0.2, 0) is 11.2 Å². The summed E-state index contributed by atoms with van der Waals surface area (Å²) in [6, 6.07) is 11.0. The average molecular weight is 402 g/mol. The summed E-state index contributed by atoms with van der Waals surface area (Å²) in [5.74, 6) is 0.851. The minimum absolute atomic E-state index is 0.0773. The van der Waals surface area contributed by atoms with E-state index < -0.39 is 0 Å². The maximum atomic E-state index is 11.2. The van der Waals surface area contributed by atoms with Crippen molar-refractivity contribution in [2.75, 3.05) is 32.7 Å². The molecule has 1 amide bonds. The highest BCUT2D eigenvalue weighted by atomic mass is 16.1. The number of aryl methyl sites for hydroxylation is 1. The zero-order valence-electron chi connectivity index (χ0n) is 18.2. The minimum atomic E-state index is -0.138. The predicted octanol–water partition coefficient (Wildman–Crippen LogP) is 2.54. The lowest BCUT2D eigenvalue weighted by Gasteiger charge is -2.30. The lowest BCUT2D eigenvalue weighted by atomic mass is 9.96. The Morgan fingerprint density at radius 3 is 2.62 bits per heavy atom. The van der Waals surface area contributed by atoms with E-state index in [0.717, 1.165) is 77.2 Å². The third kappa shape index (κ3) is 9.31. The van der Waals surface area contributed by atoms with Crippen molar-refractivity contribution in [3.8, 4) is 0 Å². The number of likely N-dealkylation sites (tertiary alicyclic amines) is 1. The number of hydrogen-bond acceptors (Lipinski definition) is 3. The van der Waals surface area contributed by atoms with Crippen molar-refractivity contribution in [2.24, 2.45) is 16.6 Å². The highest BCUT2D eigenvalue weighted by Crippen LogP contribution is 2.16. The van der Waals surface area contributed by atoms with Crippen molar-refractivity contribution < 1.29 is 4.79 Å². The Kier molecular flexibility index (Phi) is 10.6. The van der Waals surface area contributed by atoms with Gasteiger partial charge in [-0.1, -0.05) is 30.3 Å². The summed E-state index contributed by atoms with van der Waals surface area (Å²) in [6.45, 7) is 9.07. The third-order valence-electron chi connectivity index (χ3n) is 5.58. The summed E-state index contributed by atoms with van der Waals surface area (Å²) in [5, 5.41) is 6.88. The number of carbonyl (C=O) groups excluding carboxylic acids is 1. The standard InChI is InChI=1S/C23H39N5O/c1-3-25-23(27-19(2)11-12-20-9-5-4-6-10-20)26-15-7-8-16-28-17-13-21(14-18-28)22(24)29/h4-6,9-10,19,21H,3,7-8,11-18H2,1-2H3,(H2,24,29)(H2,25,26,27). The van der Waals surface area contributed by atoms with Crippen LogP contribution in [0.2, 0.25) is 0 Å². The fourth-order valence-electron chi connectivity index (χ4n) is 3.73. The average Bonchev–Trinajstić information content (AvgIpc) is 2.73. The number of rotatable bonds is 11. The minimum Gasteiger partial charge on any atom is -0.369 e. The van der Waals surface area contributed by atoms with Crippen molar-refractivity contribution >= 4 is 11.9 Å². The number of unbranched alkanes of at least 4 members (excludes halogenated alkanes) is 1. The number of primary amides is 1. The first-order valence-corrected chi connectivity index (χ1v) is 11.2. The predicted molar refractivity (Wildman–Crippen MR) is 121 cm³/mol. The molecule has 0 radical (unpaired) electrons. The molecule has 29 heavy (non-hydrogen) atoms. The van der Waals surface area contributed by atoms with Gasteiger partial charge in [0.2, 0.25) is 5.91 Å². The van der Waals surface area contributed by atoms with Gasteiger partial charge in [0.15, 0.2) is 5.96 Å². The summed E-state index contributed by atoms with van der Waals surface area (Å²) in [7, 11) is 0. The van der Waals surface area contributed by atoms with Gasteiger partial charge in [-0.05, 0) is 77.6 Å². The Labute approximate surface area is 176 Å². The van der Waals surface area contributed by atoms with Gasteiger partial charge in [-0.3, -0.25) is 9.79 Å². The van der Waals surface area contributed by atoms with Crippen LogP contribution in [0.3, 0.4) is 0 Å². The molecular weight excluding hydrogens is 362 g/mol. The second-order valence-electron chi connectivity index (χ2n) is 8.06. The number of nitrogens with zero attached hydrogens (tertiary/aromatic N) is 2. The number of carbonyl (C=O) groups is 1. The van der Waals surface area contributed by atoms with Crippen LogP contribution in [0.1, 0.15) is 51.5 Å². The molecule has 1 aromatic rings. The highest BCUT2D eigenvalue weighted by Gasteiger charge is 2.22. The normalized spacial score (nSPS) is 17.1. The molecule has 1 heterocycles. The quantitative estimate of drug-likeness (QED) is 0.302. The van der Waals surface area contributed by atoms with Gasteiger partial charge >= 0.3 is 0 Å². The van der Waals surface area contributed by atoms with E-state index in [2.05, 4.69) is 59.7 Å². The van der Waals surface area contributed by atoms with Gasteiger partial charge in [-0.25, -0.2) is 0 Å². The zero-order valence-corrected chi connectivity index (χ0v) is 18.2. The summed E-state index contributed by atoms with van der Waals surface area (Å²) in [5.41, 5.74) is 6.78. The maximum absolute atomic E-state index is 11.2. The second kappa shape index (κ2) is 13.2. The molecule has 6 nitrogen and oxygen atoms in total. The van der Waals surface area contributed by atoms with E-state index in [9.17, 15) is 4.79 Å². The molecule has 1 fully saturated rings. The van der Waals surface area contributed by atoms with Gasteiger partial charge < -0.3 is 21.3 Å². The Bertz CT molecular complexity index is 611. The summed E-state index contributed by atoms with van der Waals surface area (Å²) < 4.78 is 0. The number of aliphatic imine (C=N–C) groups is 1. The number of hydrogen-bond donors (Lipinski definition) is 3. The van der Waals surface area contributed by atoms with E-state index in [-0.39, 0.29) is 11.8 Å². The van der Waals surface area contributed by atoms with Crippen molar-refractivity contribution in [3.05, 3.63) is 35.9 Å². The molecule has 162 valence electrons. The van der Waals surface area contributed by atoms with Gasteiger partial charge in [0.25, 0.3) is 0 Å². The Hall–Kier alpha value is -2.08. The van der Waals surface area contributed by atoms with Gasteiger partial charge in [0.05, 0.1) is 0 Å². The van der Waals surface area contributed by atoms with Crippen LogP contribution in [-0.4, -0.2) is 55.5 Å². The van der Waals surface area contributed by atoms with Crippen LogP contribution in [0.15, 0.2) is 35.3 Å². The first-order valence-electron chi connectivity index (χ1n) is 11.2. The lowest BCUT2D eigenvalue weighted by molar-refractivity contribution is -0.123.